The zero-order chi connectivity index (χ0) is 14.6. The quantitative estimate of drug-likeness (QED) is 0.595. The van der Waals surface area contributed by atoms with Crippen LogP contribution in [0, 0.1) is 5.82 Å². The van der Waals surface area contributed by atoms with Crippen molar-refractivity contribution in [2.45, 2.75) is 13.0 Å². The first-order valence-electron chi connectivity index (χ1n) is 6.60. The van der Waals surface area contributed by atoms with Gasteiger partial charge in [0.2, 0.25) is 0 Å². The number of rotatable bonds is 1. The van der Waals surface area contributed by atoms with Gasteiger partial charge in [-0.15, -0.1) is 0 Å². The Labute approximate surface area is 139 Å². The Bertz CT molecular complexity index is 854. The molecule has 0 fully saturated rings. The Kier molecular flexibility index (Phi) is 3.20. The molecule has 3 aromatic rings. The molecule has 1 aliphatic rings. The molecule has 0 aliphatic carbocycles. The van der Waals surface area contributed by atoms with E-state index < -0.39 is 0 Å². The highest BCUT2D eigenvalue weighted by atomic mass is 127. The first kappa shape index (κ1) is 13.5. The van der Waals surface area contributed by atoms with E-state index in [1.54, 1.807) is 9.09 Å². The van der Waals surface area contributed by atoms with E-state index in [0.29, 0.717) is 17.1 Å². The number of fused-ring (bicyclic) bond motifs is 2. The predicted octanol–water partition coefficient (Wildman–Crippen LogP) is 3.67. The van der Waals surface area contributed by atoms with Gasteiger partial charge in [-0.3, -0.25) is 0 Å². The molecule has 0 saturated carbocycles. The maximum atomic E-state index is 14.6. The summed E-state index contributed by atoms with van der Waals surface area (Å²) in [4.78, 5) is 3.07. The minimum atomic E-state index is -0.321. The van der Waals surface area contributed by atoms with Crippen LogP contribution in [0.5, 0.6) is 0 Å². The van der Waals surface area contributed by atoms with E-state index in [0.717, 1.165) is 40.8 Å². The molecule has 0 spiro atoms. The zero-order valence-corrected chi connectivity index (χ0v) is 13.8. The van der Waals surface area contributed by atoms with Gasteiger partial charge >= 0.3 is 0 Å². The Balaban J connectivity index is 2.08. The van der Waals surface area contributed by atoms with Crippen molar-refractivity contribution in [3.8, 4) is 11.3 Å². The Hall–Kier alpha value is -1.12. The summed E-state index contributed by atoms with van der Waals surface area (Å²) in [7, 11) is 0. The van der Waals surface area contributed by atoms with Crippen LogP contribution in [-0.4, -0.2) is 19.5 Å². The van der Waals surface area contributed by atoms with E-state index in [4.69, 9.17) is 11.6 Å². The number of hydrogen-bond donors (Lipinski definition) is 2. The fourth-order valence-corrected chi connectivity index (χ4v) is 3.96. The summed E-state index contributed by atoms with van der Waals surface area (Å²) in [5.41, 5.74) is 4.23. The highest BCUT2D eigenvalue weighted by Gasteiger charge is 2.25. The molecule has 4 nitrogen and oxygen atoms in total. The lowest BCUT2D eigenvalue weighted by molar-refractivity contribution is 0.629. The van der Waals surface area contributed by atoms with Crippen molar-refractivity contribution >= 4 is 45.4 Å². The molecule has 0 amide bonds. The number of halogens is 3. The van der Waals surface area contributed by atoms with Crippen molar-refractivity contribution in [3.05, 3.63) is 40.4 Å². The van der Waals surface area contributed by atoms with Gasteiger partial charge in [0.25, 0.3) is 0 Å². The Morgan fingerprint density at radius 3 is 3.14 bits per heavy atom. The smallest absolute Gasteiger partial charge is 0.134 e. The average molecular weight is 417 g/mol. The third kappa shape index (κ3) is 2.00. The Morgan fingerprint density at radius 2 is 2.29 bits per heavy atom. The standard InChI is InChI=1S/C14H11ClFIN4/c15-9-5-10(16)12(7-1-4-19-13(7)9)14-8-6-18-3-2-11(8)20-21(14)17/h1,4-5,18-19H,2-3,6H2. The fraction of sp³-hybridized carbons (Fsp3) is 0.214. The van der Waals surface area contributed by atoms with Crippen molar-refractivity contribution in [1.29, 1.82) is 0 Å². The van der Waals surface area contributed by atoms with Gasteiger partial charge < -0.3 is 10.3 Å². The Morgan fingerprint density at radius 1 is 1.43 bits per heavy atom. The molecule has 2 aromatic heterocycles. The summed E-state index contributed by atoms with van der Waals surface area (Å²) in [6.45, 7) is 1.62. The second-order valence-electron chi connectivity index (χ2n) is 5.04. The first-order chi connectivity index (χ1) is 10.2. The van der Waals surface area contributed by atoms with Crippen LogP contribution in [0.15, 0.2) is 18.3 Å². The van der Waals surface area contributed by atoms with Crippen LogP contribution in [-0.2, 0) is 13.0 Å². The van der Waals surface area contributed by atoms with Gasteiger partial charge in [0, 0.05) is 42.2 Å². The van der Waals surface area contributed by atoms with Crippen molar-refractivity contribution < 1.29 is 4.39 Å². The van der Waals surface area contributed by atoms with Crippen molar-refractivity contribution in [3.63, 3.8) is 0 Å². The van der Waals surface area contributed by atoms with Crippen LogP contribution >= 0.6 is 34.5 Å². The molecule has 21 heavy (non-hydrogen) atoms. The monoisotopic (exact) mass is 416 g/mol. The minimum Gasteiger partial charge on any atom is -0.360 e. The summed E-state index contributed by atoms with van der Waals surface area (Å²) in [6.07, 6.45) is 2.64. The van der Waals surface area contributed by atoms with Crippen LogP contribution in [0.2, 0.25) is 5.02 Å². The number of nitrogens with zero attached hydrogens (tertiary/aromatic N) is 2. The number of H-pyrrole nitrogens is 1. The van der Waals surface area contributed by atoms with E-state index in [1.807, 2.05) is 6.07 Å². The normalized spacial score (nSPS) is 14.6. The lowest BCUT2D eigenvalue weighted by Gasteiger charge is -2.14. The summed E-state index contributed by atoms with van der Waals surface area (Å²) in [5.74, 6) is -0.321. The lowest BCUT2D eigenvalue weighted by Crippen LogP contribution is -2.23. The third-order valence-electron chi connectivity index (χ3n) is 3.85. The van der Waals surface area contributed by atoms with Crippen LogP contribution in [0.1, 0.15) is 11.3 Å². The largest absolute Gasteiger partial charge is 0.360 e. The summed E-state index contributed by atoms with van der Waals surface area (Å²) < 4.78 is 16.4. The minimum absolute atomic E-state index is 0.321. The number of benzene rings is 1. The number of aromatic nitrogens is 3. The molecule has 0 bridgehead atoms. The maximum absolute atomic E-state index is 14.6. The summed E-state index contributed by atoms with van der Waals surface area (Å²) in [5, 5.41) is 9.03. The highest BCUT2D eigenvalue weighted by molar-refractivity contribution is 14.1. The predicted molar refractivity (Wildman–Crippen MR) is 89.3 cm³/mol. The van der Waals surface area contributed by atoms with Crippen LogP contribution in [0.25, 0.3) is 22.2 Å². The molecule has 7 heteroatoms. The number of aromatic amines is 1. The molecule has 3 heterocycles. The fourth-order valence-electron chi connectivity index (χ4n) is 2.91. The SMILES string of the molecule is Fc1cc(Cl)c2[nH]ccc2c1-c1c2c(nn1I)CCNC2. The lowest BCUT2D eigenvalue weighted by atomic mass is 9.99. The highest BCUT2D eigenvalue weighted by Crippen LogP contribution is 2.38. The van der Waals surface area contributed by atoms with E-state index in [1.165, 1.54) is 6.07 Å². The van der Waals surface area contributed by atoms with E-state index in [2.05, 4.69) is 38.3 Å². The van der Waals surface area contributed by atoms with Crippen molar-refractivity contribution in [2.24, 2.45) is 0 Å². The topological polar surface area (TPSA) is 45.6 Å². The molecular formula is C14H11ClFIN4. The van der Waals surface area contributed by atoms with E-state index >= 15 is 0 Å². The first-order valence-corrected chi connectivity index (χ1v) is 7.94. The van der Waals surface area contributed by atoms with E-state index in [9.17, 15) is 4.39 Å². The number of hydrogen-bond acceptors (Lipinski definition) is 2. The van der Waals surface area contributed by atoms with Gasteiger partial charge in [0.05, 0.1) is 44.8 Å². The maximum Gasteiger partial charge on any atom is 0.134 e. The molecule has 4 rings (SSSR count). The molecule has 1 aromatic carbocycles. The number of nitrogens with one attached hydrogen (secondary N) is 2. The molecular weight excluding hydrogens is 406 g/mol. The van der Waals surface area contributed by atoms with E-state index in [-0.39, 0.29) is 5.82 Å². The van der Waals surface area contributed by atoms with Gasteiger partial charge in [-0.05, 0) is 12.1 Å². The summed E-state index contributed by atoms with van der Waals surface area (Å²) in [6, 6.07) is 3.22. The van der Waals surface area contributed by atoms with Gasteiger partial charge in [0.15, 0.2) is 0 Å². The van der Waals surface area contributed by atoms with Crippen molar-refractivity contribution in [2.75, 3.05) is 6.54 Å². The van der Waals surface area contributed by atoms with Crippen LogP contribution < -0.4 is 5.32 Å². The molecule has 1 aliphatic heterocycles. The van der Waals surface area contributed by atoms with Crippen LogP contribution in [0.4, 0.5) is 4.39 Å². The van der Waals surface area contributed by atoms with Gasteiger partial charge in [-0.25, -0.2) is 7.29 Å². The molecule has 0 atom stereocenters. The molecule has 2 N–H and O–H groups in total. The molecule has 0 saturated heterocycles. The average Bonchev–Trinajstić information content (AvgIpc) is 3.04. The second kappa shape index (κ2) is 4.96. The molecule has 108 valence electrons. The van der Waals surface area contributed by atoms with Crippen LogP contribution in [0.3, 0.4) is 0 Å². The van der Waals surface area contributed by atoms with Gasteiger partial charge in [-0.1, -0.05) is 11.6 Å². The van der Waals surface area contributed by atoms with Gasteiger partial charge in [0.1, 0.15) is 5.82 Å². The molecule has 0 unspecified atom stereocenters. The third-order valence-corrected chi connectivity index (χ3v) is 4.85. The zero-order valence-electron chi connectivity index (χ0n) is 10.9. The molecule has 0 radical (unpaired) electrons. The van der Waals surface area contributed by atoms with Crippen molar-refractivity contribution in [1.82, 2.24) is 18.3 Å². The summed E-state index contributed by atoms with van der Waals surface area (Å²) >= 11 is 8.22. The second-order valence-corrected chi connectivity index (χ2v) is 6.36. The van der Waals surface area contributed by atoms with Gasteiger partial charge in [-0.2, -0.15) is 5.10 Å².